The molecule has 1 saturated carbocycles. The van der Waals surface area contributed by atoms with Gasteiger partial charge in [-0.2, -0.15) is 5.10 Å². The van der Waals surface area contributed by atoms with Crippen LogP contribution >= 0.6 is 0 Å². The predicted octanol–water partition coefficient (Wildman–Crippen LogP) is 4.50. The van der Waals surface area contributed by atoms with Gasteiger partial charge in [0, 0.05) is 17.3 Å². The lowest BCUT2D eigenvalue weighted by molar-refractivity contribution is 0.340. The molecule has 1 aliphatic rings. The van der Waals surface area contributed by atoms with Crippen molar-refractivity contribution >= 4 is 15.7 Å². The molecule has 3 rings (SSSR count). The van der Waals surface area contributed by atoms with Gasteiger partial charge in [-0.3, -0.25) is 9.40 Å². The molecule has 1 aromatic carbocycles. The summed E-state index contributed by atoms with van der Waals surface area (Å²) in [4.78, 5) is 0.260. The molecular weight excluding hydrogens is 362 g/mol. The Bertz CT molecular complexity index is 874. The highest BCUT2D eigenvalue weighted by molar-refractivity contribution is 7.92. The van der Waals surface area contributed by atoms with E-state index >= 15 is 0 Å². The standard InChI is InChI=1S/C20H29N3O3S/c1-5-26-17-12-10-15(11-13-17)22-27(24,25)18-14-23(16-8-6-7-9-16)21-19(18)20(2,3)4/h10-14,16,22H,5-9H2,1-4H3. The number of sulfonamides is 1. The number of benzene rings is 1. The lowest BCUT2D eigenvalue weighted by atomic mass is 9.92. The van der Waals surface area contributed by atoms with Gasteiger partial charge < -0.3 is 4.74 Å². The van der Waals surface area contributed by atoms with E-state index in [1.54, 1.807) is 30.5 Å². The summed E-state index contributed by atoms with van der Waals surface area (Å²) in [7, 11) is -3.74. The summed E-state index contributed by atoms with van der Waals surface area (Å²) in [6.45, 7) is 8.45. The third kappa shape index (κ3) is 4.46. The van der Waals surface area contributed by atoms with Crippen LogP contribution in [0.3, 0.4) is 0 Å². The molecule has 0 radical (unpaired) electrons. The molecule has 0 spiro atoms. The van der Waals surface area contributed by atoms with Crippen molar-refractivity contribution in [2.24, 2.45) is 0 Å². The average Bonchev–Trinajstić information content (AvgIpc) is 3.25. The summed E-state index contributed by atoms with van der Waals surface area (Å²) in [6, 6.07) is 7.23. The minimum absolute atomic E-state index is 0.260. The van der Waals surface area contributed by atoms with E-state index in [4.69, 9.17) is 4.74 Å². The summed E-state index contributed by atoms with van der Waals surface area (Å²) in [5.41, 5.74) is 0.743. The lowest BCUT2D eigenvalue weighted by Crippen LogP contribution is -2.20. The largest absolute Gasteiger partial charge is 0.494 e. The quantitative estimate of drug-likeness (QED) is 0.787. The van der Waals surface area contributed by atoms with E-state index in [0.29, 0.717) is 29.8 Å². The number of ether oxygens (including phenoxy) is 1. The first-order chi connectivity index (χ1) is 12.7. The normalized spacial score (nSPS) is 15.9. The van der Waals surface area contributed by atoms with Crippen LogP contribution in [0.4, 0.5) is 5.69 Å². The van der Waals surface area contributed by atoms with Crippen molar-refractivity contribution in [1.29, 1.82) is 0 Å². The van der Waals surface area contributed by atoms with Gasteiger partial charge in [-0.25, -0.2) is 8.42 Å². The Hall–Kier alpha value is -2.02. The fourth-order valence-corrected chi connectivity index (χ4v) is 4.85. The molecule has 1 heterocycles. The van der Waals surface area contributed by atoms with Gasteiger partial charge in [-0.05, 0) is 44.0 Å². The van der Waals surface area contributed by atoms with Gasteiger partial charge in [0.25, 0.3) is 10.0 Å². The molecule has 27 heavy (non-hydrogen) atoms. The molecule has 0 bridgehead atoms. The van der Waals surface area contributed by atoms with Crippen LogP contribution in [0.25, 0.3) is 0 Å². The zero-order valence-corrected chi connectivity index (χ0v) is 17.3. The topological polar surface area (TPSA) is 73.2 Å². The molecule has 1 aliphatic carbocycles. The maximum Gasteiger partial charge on any atom is 0.265 e. The van der Waals surface area contributed by atoms with Crippen LogP contribution in [-0.4, -0.2) is 24.8 Å². The van der Waals surface area contributed by atoms with Gasteiger partial charge in [0.2, 0.25) is 0 Å². The predicted molar refractivity (Wildman–Crippen MR) is 107 cm³/mol. The van der Waals surface area contributed by atoms with E-state index in [1.807, 2.05) is 32.4 Å². The molecule has 0 unspecified atom stereocenters. The molecule has 0 atom stereocenters. The Kier molecular flexibility index (Phi) is 5.51. The maximum atomic E-state index is 13.1. The summed E-state index contributed by atoms with van der Waals surface area (Å²) >= 11 is 0. The Labute approximate surface area is 162 Å². The highest BCUT2D eigenvalue weighted by atomic mass is 32.2. The van der Waals surface area contributed by atoms with Crippen molar-refractivity contribution in [3.63, 3.8) is 0 Å². The zero-order valence-electron chi connectivity index (χ0n) is 16.5. The molecule has 0 saturated heterocycles. The Morgan fingerprint density at radius 2 is 1.81 bits per heavy atom. The van der Waals surface area contributed by atoms with Crippen LogP contribution in [0.15, 0.2) is 35.4 Å². The summed E-state index contributed by atoms with van der Waals surface area (Å²) in [5.74, 6) is 0.713. The smallest absolute Gasteiger partial charge is 0.265 e. The fourth-order valence-electron chi connectivity index (χ4n) is 3.44. The van der Waals surface area contributed by atoms with E-state index in [-0.39, 0.29) is 10.3 Å². The van der Waals surface area contributed by atoms with Crippen LogP contribution in [0.5, 0.6) is 5.75 Å². The summed E-state index contributed by atoms with van der Waals surface area (Å²) < 4.78 is 36.2. The number of anilines is 1. The second-order valence-electron chi connectivity index (χ2n) is 8.07. The second-order valence-corrected chi connectivity index (χ2v) is 9.72. The molecule has 1 aromatic heterocycles. The van der Waals surface area contributed by atoms with Crippen LogP contribution in [0.2, 0.25) is 0 Å². The van der Waals surface area contributed by atoms with E-state index in [0.717, 1.165) is 12.8 Å². The molecule has 1 fully saturated rings. The number of hydrogen-bond acceptors (Lipinski definition) is 4. The number of aromatic nitrogens is 2. The molecule has 2 aromatic rings. The molecule has 6 nitrogen and oxygen atoms in total. The van der Waals surface area contributed by atoms with Gasteiger partial charge in [-0.1, -0.05) is 33.6 Å². The number of hydrogen-bond donors (Lipinski definition) is 1. The Balaban J connectivity index is 1.92. The Morgan fingerprint density at radius 1 is 1.19 bits per heavy atom. The van der Waals surface area contributed by atoms with Crippen LogP contribution in [-0.2, 0) is 15.4 Å². The molecule has 148 valence electrons. The number of rotatable bonds is 6. The second kappa shape index (κ2) is 7.54. The minimum Gasteiger partial charge on any atom is -0.494 e. The zero-order chi connectivity index (χ0) is 19.7. The third-order valence-corrected chi connectivity index (χ3v) is 6.20. The Morgan fingerprint density at radius 3 is 2.37 bits per heavy atom. The van der Waals surface area contributed by atoms with E-state index in [1.165, 1.54) is 12.8 Å². The monoisotopic (exact) mass is 391 g/mol. The molecule has 7 heteroatoms. The number of nitrogens with zero attached hydrogens (tertiary/aromatic N) is 2. The van der Waals surface area contributed by atoms with Crippen LogP contribution in [0.1, 0.15) is 65.1 Å². The van der Waals surface area contributed by atoms with Gasteiger partial charge in [0.15, 0.2) is 0 Å². The fraction of sp³-hybridized carbons (Fsp3) is 0.550. The highest BCUT2D eigenvalue weighted by Crippen LogP contribution is 2.34. The van der Waals surface area contributed by atoms with Gasteiger partial charge >= 0.3 is 0 Å². The molecule has 0 aliphatic heterocycles. The minimum atomic E-state index is -3.74. The van der Waals surface area contributed by atoms with Crippen LogP contribution in [0, 0.1) is 0 Å². The van der Waals surface area contributed by atoms with Crippen molar-refractivity contribution in [3.8, 4) is 5.75 Å². The summed E-state index contributed by atoms with van der Waals surface area (Å²) in [5, 5.41) is 4.69. The molecular formula is C20H29N3O3S. The summed E-state index contributed by atoms with van der Waals surface area (Å²) in [6.07, 6.45) is 6.14. The maximum absolute atomic E-state index is 13.1. The number of nitrogens with one attached hydrogen (secondary N) is 1. The van der Waals surface area contributed by atoms with Crippen molar-refractivity contribution < 1.29 is 13.2 Å². The van der Waals surface area contributed by atoms with Crippen molar-refractivity contribution in [2.45, 2.75) is 69.7 Å². The lowest BCUT2D eigenvalue weighted by Gasteiger charge is -2.18. The average molecular weight is 392 g/mol. The van der Waals surface area contributed by atoms with Gasteiger partial charge in [-0.15, -0.1) is 0 Å². The first-order valence-electron chi connectivity index (χ1n) is 9.56. The van der Waals surface area contributed by atoms with Crippen molar-refractivity contribution in [2.75, 3.05) is 11.3 Å². The van der Waals surface area contributed by atoms with Crippen molar-refractivity contribution in [3.05, 3.63) is 36.2 Å². The highest BCUT2D eigenvalue weighted by Gasteiger charge is 2.32. The molecule has 1 N–H and O–H groups in total. The SMILES string of the molecule is CCOc1ccc(NS(=O)(=O)c2cn(C3CCCC3)nc2C(C)(C)C)cc1. The van der Waals surface area contributed by atoms with E-state index in [9.17, 15) is 8.42 Å². The third-order valence-electron chi connectivity index (χ3n) is 4.81. The van der Waals surface area contributed by atoms with Crippen molar-refractivity contribution in [1.82, 2.24) is 9.78 Å². The van der Waals surface area contributed by atoms with E-state index in [2.05, 4.69) is 9.82 Å². The van der Waals surface area contributed by atoms with Gasteiger partial charge in [0.1, 0.15) is 10.6 Å². The van der Waals surface area contributed by atoms with E-state index < -0.39 is 10.0 Å². The first-order valence-corrected chi connectivity index (χ1v) is 11.0. The molecule has 0 amide bonds. The van der Waals surface area contributed by atoms with Crippen LogP contribution < -0.4 is 9.46 Å². The first kappa shape index (κ1) is 19.7. The van der Waals surface area contributed by atoms with Gasteiger partial charge in [0.05, 0.1) is 18.3 Å².